The molecular weight excluding hydrogens is 174 g/mol. The van der Waals surface area contributed by atoms with Gasteiger partial charge in [-0.15, -0.1) is 0 Å². The molecule has 0 fully saturated rings. The molecule has 2 rings (SSSR count). The van der Waals surface area contributed by atoms with Gasteiger partial charge in [-0.05, 0) is 18.2 Å². The van der Waals surface area contributed by atoms with E-state index in [0.29, 0.717) is 0 Å². The topological polar surface area (TPSA) is 25.2 Å². The van der Waals surface area contributed by atoms with Crippen LogP contribution in [0, 0.1) is 0 Å². The quantitative estimate of drug-likeness (QED) is 0.731. The molecule has 0 aliphatic rings. The van der Waals surface area contributed by atoms with Crippen molar-refractivity contribution >= 4 is 28.5 Å². The molecule has 12 heavy (non-hydrogen) atoms. The van der Waals surface area contributed by atoms with Crippen LogP contribution in [0.5, 0.6) is 0 Å². The molecule has 0 unspecified atom stereocenters. The van der Waals surface area contributed by atoms with Gasteiger partial charge in [-0.25, -0.2) is 0 Å². The average molecular weight is 182 g/mol. The maximum Gasteiger partial charge on any atom is 0.193 e. The monoisotopic (exact) mass is 181 g/mol. The predicted molar refractivity (Wildman–Crippen MR) is 50.8 cm³/mol. The van der Waals surface area contributed by atoms with Crippen LogP contribution in [0.15, 0.2) is 28.7 Å². The highest BCUT2D eigenvalue weighted by molar-refractivity contribution is 6.31. The molecule has 0 amide bonds. The van der Waals surface area contributed by atoms with E-state index < -0.39 is 0 Å². The van der Waals surface area contributed by atoms with E-state index in [1.807, 2.05) is 31.3 Å². The van der Waals surface area contributed by atoms with E-state index >= 15 is 0 Å². The Balaban J connectivity index is 2.67. The lowest BCUT2D eigenvalue weighted by atomic mass is 10.2. The molecule has 1 aromatic heterocycles. The van der Waals surface area contributed by atoms with Crippen molar-refractivity contribution in [1.29, 1.82) is 0 Å². The van der Waals surface area contributed by atoms with Crippen molar-refractivity contribution in [2.75, 3.05) is 12.4 Å². The summed E-state index contributed by atoms with van der Waals surface area (Å²) in [5, 5.41) is 4.67. The molecule has 0 saturated heterocycles. The van der Waals surface area contributed by atoms with Crippen molar-refractivity contribution in [1.82, 2.24) is 0 Å². The molecule has 0 atom stereocenters. The van der Waals surface area contributed by atoms with Gasteiger partial charge in [-0.2, -0.15) is 0 Å². The first-order valence-corrected chi connectivity index (χ1v) is 4.04. The normalized spacial score (nSPS) is 10.5. The highest BCUT2D eigenvalue weighted by atomic mass is 35.5. The molecule has 62 valence electrons. The van der Waals surface area contributed by atoms with Crippen LogP contribution < -0.4 is 5.32 Å². The van der Waals surface area contributed by atoms with Crippen LogP contribution >= 0.6 is 11.6 Å². The van der Waals surface area contributed by atoms with Gasteiger partial charge in [0.25, 0.3) is 0 Å². The molecule has 3 heteroatoms. The van der Waals surface area contributed by atoms with Crippen LogP contribution in [0.25, 0.3) is 11.0 Å². The lowest BCUT2D eigenvalue weighted by molar-refractivity contribution is 0.632. The maximum absolute atomic E-state index is 5.81. The van der Waals surface area contributed by atoms with Gasteiger partial charge in [0.2, 0.25) is 0 Å². The fourth-order valence-electron chi connectivity index (χ4n) is 1.14. The summed E-state index contributed by atoms with van der Waals surface area (Å²) >= 11 is 5.81. The molecule has 0 spiro atoms. The van der Waals surface area contributed by atoms with Crippen LogP contribution in [-0.2, 0) is 0 Å². The molecular formula is C9H8ClNO. The van der Waals surface area contributed by atoms with E-state index in [1.165, 1.54) is 0 Å². The highest BCUT2D eigenvalue weighted by Crippen LogP contribution is 2.25. The summed E-state index contributed by atoms with van der Waals surface area (Å²) in [4.78, 5) is 0. The first-order chi connectivity index (χ1) is 5.79. The van der Waals surface area contributed by atoms with Gasteiger partial charge in [0, 0.05) is 23.5 Å². The number of nitrogens with one attached hydrogen (secondary N) is 1. The first kappa shape index (κ1) is 7.50. The minimum atomic E-state index is 0.728. The molecule has 0 aliphatic heterocycles. The minimum absolute atomic E-state index is 0.728. The molecule has 1 heterocycles. The van der Waals surface area contributed by atoms with Crippen LogP contribution in [0.2, 0.25) is 5.02 Å². The second kappa shape index (κ2) is 2.72. The van der Waals surface area contributed by atoms with Gasteiger partial charge in [0.05, 0.1) is 0 Å². The Labute approximate surface area is 75.1 Å². The molecule has 0 saturated carbocycles. The summed E-state index contributed by atoms with van der Waals surface area (Å²) in [6.45, 7) is 0. The number of fused-ring (bicyclic) bond motifs is 1. The third-order valence-electron chi connectivity index (χ3n) is 1.72. The molecule has 2 aromatic rings. The third-order valence-corrected chi connectivity index (χ3v) is 1.96. The smallest absolute Gasteiger partial charge is 0.193 e. The van der Waals surface area contributed by atoms with Gasteiger partial charge in [-0.3, -0.25) is 0 Å². The molecule has 0 aliphatic carbocycles. The van der Waals surface area contributed by atoms with Crippen molar-refractivity contribution < 1.29 is 4.42 Å². The largest absolute Gasteiger partial charge is 0.441 e. The fraction of sp³-hybridized carbons (Fsp3) is 0.111. The molecule has 0 radical (unpaired) electrons. The summed E-state index contributed by atoms with van der Waals surface area (Å²) in [5.74, 6) is 0.757. The fourth-order valence-corrected chi connectivity index (χ4v) is 1.32. The zero-order valence-electron chi connectivity index (χ0n) is 6.60. The van der Waals surface area contributed by atoms with E-state index in [2.05, 4.69) is 5.32 Å². The van der Waals surface area contributed by atoms with Gasteiger partial charge >= 0.3 is 0 Å². The SMILES string of the molecule is CNc1cc2cc(Cl)ccc2o1. The number of furan rings is 1. The second-order valence-corrected chi connectivity index (χ2v) is 2.98. The Morgan fingerprint density at radius 3 is 2.92 bits per heavy atom. The number of anilines is 1. The van der Waals surface area contributed by atoms with Crippen LogP contribution in [0.4, 0.5) is 5.88 Å². The maximum atomic E-state index is 5.81. The molecule has 1 aromatic carbocycles. The highest BCUT2D eigenvalue weighted by Gasteiger charge is 2.01. The first-order valence-electron chi connectivity index (χ1n) is 3.66. The van der Waals surface area contributed by atoms with E-state index in [9.17, 15) is 0 Å². The molecule has 2 nitrogen and oxygen atoms in total. The van der Waals surface area contributed by atoms with E-state index in [0.717, 1.165) is 21.9 Å². The van der Waals surface area contributed by atoms with Gasteiger partial charge < -0.3 is 9.73 Å². The van der Waals surface area contributed by atoms with E-state index in [-0.39, 0.29) is 0 Å². The number of hydrogen-bond donors (Lipinski definition) is 1. The summed E-state index contributed by atoms with van der Waals surface area (Å²) in [6.07, 6.45) is 0. The standard InChI is InChI=1S/C9H8ClNO/c1-11-9-5-6-4-7(10)2-3-8(6)12-9/h2-5,11H,1H3. The Morgan fingerprint density at radius 1 is 1.33 bits per heavy atom. The third kappa shape index (κ3) is 1.14. The van der Waals surface area contributed by atoms with Gasteiger partial charge in [0.1, 0.15) is 5.58 Å². The number of benzene rings is 1. The van der Waals surface area contributed by atoms with Crippen LogP contribution in [0.1, 0.15) is 0 Å². The average Bonchev–Trinajstić information content (AvgIpc) is 2.46. The second-order valence-electron chi connectivity index (χ2n) is 2.54. The van der Waals surface area contributed by atoms with Crippen molar-refractivity contribution in [3.8, 4) is 0 Å². The zero-order valence-corrected chi connectivity index (χ0v) is 7.35. The molecule has 0 bridgehead atoms. The Hall–Kier alpha value is -1.15. The van der Waals surface area contributed by atoms with Crippen LogP contribution in [-0.4, -0.2) is 7.05 Å². The van der Waals surface area contributed by atoms with Gasteiger partial charge in [0.15, 0.2) is 5.88 Å². The Bertz CT molecular complexity index is 408. The summed E-state index contributed by atoms with van der Waals surface area (Å²) in [6, 6.07) is 7.47. The van der Waals surface area contributed by atoms with Crippen molar-refractivity contribution in [2.45, 2.75) is 0 Å². The van der Waals surface area contributed by atoms with Crippen molar-refractivity contribution in [3.05, 3.63) is 29.3 Å². The van der Waals surface area contributed by atoms with Crippen LogP contribution in [0.3, 0.4) is 0 Å². The van der Waals surface area contributed by atoms with Crippen molar-refractivity contribution in [2.24, 2.45) is 0 Å². The number of halogens is 1. The lowest BCUT2D eigenvalue weighted by Gasteiger charge is -1.88. The van der Waals surface area contributed by atoms with Crippen molar-refractivity contribution in [3.63, 3.8) is 0 Å². The minimum Gasteiger partial charge on any atom is -0.441 e. The molecule has 1 N–H and O–H groups in total. The summed E-state index contributed by atoms with van der Waals surface area (Å²) < 4.78 is 5.40. The number of rotatable bonds is 1. The zero-order chi connectivity index (χ0) is 8.55. The number of hydrogen-bond acceptors (Lipinski definition) is 2. The Kier molecular flexibility index (Phi) is 1.70. The summed E-state index contributed by atoms with van der Waals surface area (Å²) in [5.41, 5.74) is 0.851. The predicted octanol–water partition coefficient (Wildman–Crippen LogP) is 3.13. The van der Waals surface area contributed by atoms with E-state index in [1.54, 1.807) is 0 Å². The van der Waals surface area contributed by atoms with Gasteiger partial charge in [-0.1, -0.05) is 11.6 Å². The summed E-state index contributed by atoms with van der Waals surface area (Å²) in [7, 11) is 1.82. The lowest BCUT2D eigenvalue weighted by Crippen LogP contribution is -1.81. The Morgan fingerprint density at radius 2 is 2.17 bits per heavy atom. The van der Waals surface area contributed by atoms with E-state index in [4.69, 9.17) is 16.0 Å².